The van der Waals surface area contributed by atoms with Crippen LogP contribution in [0.15, 0.2) is 12.1 Å². The van der Waals surface area contributed by atoms with Crippen LogP contribution in [0.1, 0.15) is 43.6 Å². The first kappa shape index (κ1) is 16.2. The molecule has 0 atom stereocenters. The number of carbonyl (C=O) groups is 2. The largest absolute Gasteiger partial charge is 0.478 e. The molecule has 0 saturated carbocycles. The van der Waals surface area contributed by atoms with Crippen molar-refractivity contribution in [2.24, 2.45) is 0 Å². The van der Waals surface area contributed by atoms with Gasteiger partial charge in [0, 0.05) is 5.54 Å². The Kier molecular flexibility index (Phi) is 4.37. The molecule has 118 valence electrons. The average molecular weight is 321 g/mol. The third kappa shape index (κ3) is 3.73. The van der Waals surface area contributed by atoms with E-state index in [1.807, 2.05) is 27.7 Å². The lowest BCUT2D eigenvalue weighted by molar-refractivity contribution is 0.0697. The van der Waals surface area contributed by atoms with Crippen LogP contribution in [0.25, 0.3) is 10.2 Å². The van der Waals surface area contributed by atoms with Crippen LogP contribution in [-0.4, -0.2) is 27.6 Å². The SMILES string of the molecule is CCc1cc(C(=O)O)cc2sc(NC(=O)NC(C)(C)C)nc12. The van der Waals surface area contributed by atoms with E-state index in [9.17, 15) is 9.59 Å². The van der Waals surface area contributed by atoms with Crippen molar-refractivity contribution in [1.29, 1.82) is 0 Å². The molecule has 0 saturated heterocycles. The summed E-state index contributed by atoms with van der Waals surface area (Å²) in [4.78, 5) is 27.5. The topological polar surface area (TPSA) is 91.3 Å². The molecule has 2 aromatic rings. The number of hydrogen-bond acceptors (Lipinski definition) is 4. The number of nitrogens with one attached hydrogen (secondary N) is 2. The molecule has 6 nitrogen and oxygen atoms in total. The van der Waals surface area contributed by atoms with Gasteiger partial charge in [0.25, 0.3) is 0 Å². The van der Waals surface area contributed by atoms with Gasteiger partial charge in [-0.3, -0.25) is 5.32 Å². The van der Waals surface area contributed by atoms with E-state index >= 15 is 0 Å². The summed E-state index contributed by atoms with van der Waals surface area (Å²) in [6.45, 7) is 7.61. The highest BCUT2D eigenvalue weighted by atomic mass is 32.1. The predicted octanol–water partition coefficient (Wildman–Crippen LogP) is 3.48. The molecule has 0 spiro atoms. The van der Waals surface area contributed by atoms with E-state index in [-0.39, 0.29) is 17.1 Å². The minimum atomic E-state index is -0.968. The number of carboxylic acid groups (broad SMARTS) is 1. The minimum Gasteiger partial charge on any atom is -0.478 e. The highest BCUT2D eigenvalue weighted by molar-refractivity contribution is 7.22. The van der Waals surface area contributed by atoms with Gasteiger partial charge in [0.1, 0.15) is 0 Å². The maximum Gasteiger partial charge on any atom is 0.335 e. The average Bonchev–Trinajstić information content (AvgIpc) is 2.76. The van der Waals surface area contributed by atoms with Gasteiger partial charge in [-0.1, -0.05) is 18.3 Å². The predicted molar refractivity (Wildman–Crippen MR) is 87.9 cm³/mol. The van der Waals surface area contributed by atoms with Gasteiger partial charge in [0.15, 0.2) is 5.13 Å². The van der Waals surface area contributed by atoms with Gasteiger partial charge in [0.2, 0.25) is 0 Å². The zero-order chi connectivity index (χ0) is 16.5. The standard InChI is InChI=1S/C15H19N3O3S/c1-5-8-6-9(12(19)20)7-10-11(8)16-14(22-10)17-13(21)18-15(2,3)4/h6-7H,5H2,1-4H3,(H,19,20)(H2,16,17,18,21). The van der Waals surface area contributed by atoms with E-state index < -0.39 is 5.97 Å². The molecule has 1 aromatic heterocycles. The van der Waals surface area contributed by atoms with Gasteiger partial charge in [-0.2, -0.15) is 0 Å². The zero-order valence-corrected chi connectivity index (χ0v) is 13.8. The summed E-state index contributed by atoms with van der Waals surface area (Å²) in [5, 5.41) is 15.1. The number of hydrogen-bond donors (Lipinski definition) is 3. The van der Waals surface area contributed by atoms with Crippen LogP contribution >= 0.6 is 11.3 Å². The molecule has 3 N–H and O–H groups in total. The second-order valence-electron chi connectivity index (χ2n) is 5.99. The van der Waals surface area contributed by atoms with E-state index in [4.69, 9.17) is 5.11 Å². The molecule has 1 aromatic carbocycles. The van der Waals surface area contributed by atoms with Crippen molar-refractivity contribution in [1.82, 2.24) is 10.3 Å². The van der Waals surface area contributed by atoms with Gasteiger partial charge in [-0.05, 0) is 44.9 Å². The van der Waals surface area contributed by atoms with Crippen LogP contribution < -0.4 is 10.6 Å². The number of aryl methyl sites for hydroxylation is 1. The quantitative estimate of drug-likeness (QED) is 0.807. The summed E-state index contributed by atoms with van der Waals surface area (Å²) in [7, 11) is 0. The third-order valence-electron chi connectivity index (χ3n) is 2.91. The number of aromatic carboxylic acids is 1. The molecule has 0 radical (unpaired) electrons. The van der Waals surface area contributed by atoms with E-state index in [0.717, 1.165) is 15.8 Å². The fraction of sp³-hybridized carbons (Fsp3) is 0.400. The van der Waals surface area contributed by atoms with E-state index in [2.05, 4.69) is 15.6 Å². The van der Waals surface area contributed by atoms with Gasteiger partial charge >= 0.3 is 12.0 Å². The molecule has 0 fully saturated rings. The van der Waals surface area contributed by atoms with Gasteiger partial charge in [-0.15, -0.1) is 0 Å². The number of fused-ring (bicyclic) bond motifs is 1. The summed E-state index contributed by atoms with van der Waals surface area (Å²) < 4.78 is 0.753. The van der Waals surface area contributed by atoms with Crippen molar-refractivity contribution in [3.63, 3.8) is 0 Å². The molecule has 2 rings (SSSR count). The summed E-state index contributed by atoms with van der Waals surface area (Å²) in [6, 6.07) is 2.88. The Hall–Kier alpha value is -2.15. The van der Waals surface area contributed by atoms with Crippen molar-refractivity contribution < 1.29 is 14.7 Å². The first-order valence-electron chi connectivity index (χ1n) is 6.95. The van der Waals surface area contributed by atoms with E-state index in [1.54, 1.807) is 12.1 Å². The molecule has 0 aliphatic heterocycles. The van der Waals surface area contributed by atoms with Crippen molar-refractivity contribution in [2.45, 2.75) is 39.7 Å². The monoisotopic (exact) mass is 321 g/mol. The highest BCUT2D eigenvalue weighted by Crippen LogP contribution is 2.30. The van der Waals surface area contributed by atoms with E-state index in [1.165, 1.54) is 11.3 Å². The van der Waals surface area contributed by atoms with Crippen LogP contribution in [0.3, 0.4) is 0 Å². The number of anilines is 1. The lowest BCUT2D eigenvalue weighted by Crippen LogP contribution is -2.43. The third-order valence-corrected chi connectivity index (χ3v) is 3.83. The van der Waals surface area contributed by atoms with Crippen LogP contribution in [0.2, 0.25) is 0 Å². The van der Waals surface area contributed by atoms with Gasteiger partial charge in [-0.25, -0.2) is 14.6 Å². The number of amides is 2. The number of urea groups is 1. The Morgan fingerprint density at radius 2 is 2.00 bits per heavy atom. The smallest absolute Gasteiger partial charge is 0.335 e. The molecule has 0 bridgehead atoms. The maximum absolute atomic E-state index is 11.9. The first-order valence-corrected chi connectivity index (χ1v) is 7.77. The molecule has 0 unspecified atom stereocenters. The lowest BCUT2D eigenvalue weighted by atomic mass is 10.1. The number of aromatic nitrogens is 1. The molecule has 0 aliphatic carbocycles. The molecular formula is C15H19N3O3S. The van der Waals surface area contributed by atoms with E-state index in [0.29, 0.717) is 11.6 Å². The Bertz CT molecular complexity index is 731. The van der Waals surface area contributed by atoms with Crippen LogP contribution in [-0.2, 0) is 6.42 Å². The molecule has 2 amide bonds. The van der Waals surface area contributed by atoms with Crippen LogP contribution in [0, 0.1) is 0 Å². The Balaban J connectivity index is 2.34. The first-order chi connectivity index (χ1) is 10.2. The van der Waals surface area contributed by atoms with Crippen LogP contribution in [0.5, 0.6) is 0 Å². The number of rotatable bonds is 3. The summed E-state index contributed by atoms with van der Waals surface area (Å²) in [6.07, 6.45) is 0.676. The number of benzene rings is 1. The highest BCUT2D eigenvalue weighted by Gasteiger charge is 2.17. The minimum absolute atomic E-state index is 0.235. The van der Waals surface area contributed by atoms with Crippen LogP contribution in [0.4, 0.5) is 9.93 Å². The summed E-state index contributed by atoms with van der Waals surface area (Å²) in [5.41, 5.74) is 1.49. The Morgan fingerprint density at radius 1 is 1.32 bits per heavy atom. The summed E-state index contributed by atoms with van der Waals surface area (Å²) in [5.74, 6) is -0.968. The second kappa shape index (κ2) is 5.92. The fourth-order valence-electron chi connectivity index (χ4n) is 2.01. The number of carboxylic acids is 1. The molecule has 0 aliphatic rings. The fourth-order valence-corrected chi connectivity index (χ4v) is 2.96. The van der Waals surface area contributed by atoms with Crippen molar-refractivity contribution in [2.75, 3.05) is 5.32 Å². The lowest BCUT2D eigenvalue weighted by Gasteiger charge is -2.20. The Labute approximate surface area is 132 Å². The van der Waals surface area contributed by atoms with Crippen molar-refractivity contribution in [3.8, 4) is 0 Å². The zero-order valence-electron chi connectivity index (χ0n) is 13.0. The molecular weight excluding hydrogens is 302 g/mol. The number of carbonyl (C=O) groups excluding carboxylic acids is 1. The number of nitrogens with zero attached hydrogens (tertiary/aromatic N) is 1. The summed E-state index contributed by atoms with van der Waals surface area (Å²) >= 11 is 1.27. The molecule has 22 heavy (non-hydrogen) atoms. The van der Waals surface area contributed by atoms with Crippen molar-refractivity contribution >= 4 is 38.7 Å². The van der Waals surface area contributed by atoms with Gasteiger partial charge in [0.05, 0.1) is 15.8 Å². The second-order valence-corrected chi connectivity index (χ2v) is 7.02. The molecule has 7 heteroatoms. The van der Waals surface area contributed by atoms with Gasteiger partial charge < -0.3 is 10.4 Å². The maximum atomic E-state index is 11.9. The molecule has 1 heterocycles. The Morgan fingerprint density at radius 3 is 2.55 bits per heavy atom. The number of thiazole rings is 1. The van der Waals surface area contributed by atoms with Crippen molar-refractivity contribution in [3.05, 3.63) is 23.3 Å². The normalized spacial score (nSPS) is 11.5.